The molecule has 0 aliphatic carbocycles. The van der Waals surface area contributed by atoms with Crippen LogP contribution in [-0.4, -0.2) is 25.7 Å². The first-order valence-electron chi connectivity index (χ1n) is 6.27. The van der Waals surface area contributed by atoms with E-state index in [-0.39, 0.29) is 11.7 Å². The molecule has 1 aromatic carbocycles. The van der Waals surface area contributed by atoms with Crippen molar-refractivity contribution in [3.8, 4) is 0 Å². The number of piperazine rings is 1. The number of rotatable bonds is 2. The van der Waals surface area contributed by atoms with E-state index < -0.39 is 11.7 Å². The van der Waals surface area contributed by atoms with E-state index in [4.69, 9.17) is 0 Å². The second kappa shape index (κ2) is 5.71. The smallest absolute Gasteiger partial charge is 0.368 e. The number of hydrogen-bond acceptors (Lipinski definition) is 2. The molecule has 1 aromatic rings. The van der Waals surface area contributed by atoms with Crippen LogP contribution in [0.2, 0.25) is 0 Å². The highest BCUT2D eigenvalue weighted by molar-refractivity contribution is 9.10. The van der Waals surface area contributed by atoms with Gasteiger partial charge in [-0.1, -0.05) is 22.9 Å². The van der Waals surface area contributed by atoms with Crippen LogP contribution in [0.4, 0.5) is 18.9 Å². The van der Waals surface area contributed by atoms with E-state index in [9.17, 15) is 13.2 Å². The van der Waals surface area contributed by atoms with Gasteiger partial charge in [-0.25, -0.2) is 0 Å². The molecule has 0 amide bonds. The average molecular weight is 337 g/mol. The van der Waals surface area contributed by atoms with Crippen molar-refractivity contribution in [2.75, 3.05) is 24.5 Å². The number of halogens is 4. The Bertz CT molecular complexity index is 448. The van der Waals surface area contributed by atoms with Gasteiger partial charge in [0.05, 0.1) is 5.56 Å². The van der Waals surface area contributed by atoms with Gasteiger partial charge >= 0.3 is 6.18 Å². The molecule has 106 valence electrons. The van der Waals surface area contributed by atoms with E-state index in [1.807, 2.05) is 11.8 Å². The lowest BCUT2D eigenvalue weighted by Crippen LogP contribution is -2.50. The van der Waals surface area contributed by atoms with Crippen molar-refractivity contribution in [2.24, 2.45) is 0 Å². The van der Waals surface area contributed by atoms with E-state index >= 15 is 0 Å². The fourth-order valence-corrected chi connectivity index (χ4v) is 2.69. The van der Waals surface area contributed by atoms with Crippen molar-refractivity contribution in [2.45, 2.75) is 25.6 Å². The highest BCUT2D eigenvalue weighted by atomic mass is 79.9. The van der Waals surface area contributed by atoms with Crippen molar-refractivity contribution in [1.29, 1.82) is 0 Å². The van der Waals surface area contributed by atoms with Crippen molar-refractivity contribution in [3.05, 3.63) is 28.2 Å². The summed E-state index contributed by atoms with van der Waals surface area (Å²) in [6.07, 6.45) is -3.42. The highest BCUT2D eigenvalue weighted by Crippen LogP contribution is 2.38. The molecule has 0 saturated carbocycles. The average Bonchev–Trinajstić information content (AvgIpc) is 2.37. The van der Waals surface area contributed by atoms with Gasteiger partial charge in [0, 0.05) is 35.8 Å². The molecule has 0 spiro atoms. The van der Waals surface area contributed by atoms with Crippen LogP contribution in [0.25, 0.3) is 0 Å². The molecule has 6 heteroatoms. The molecule has 1 aliphatic rings. The molecule has 1 unspecified atom stereocenters. The van der Waals surface area contributed by atoms with E-state index in [1.54, 1.807) is 12.1 Å². The zero-order chi connectivity index (χ0) is 14.0. The summed E-state index contributed by atoms with van der Waals surface area (Å²) in [6.45, 7) is 3.96. The molecule has 1 saturated heterocycles. The van der Waals surface area contributed by atoms with E-state index in [0.717, 1.165) is 12.5 Å². The molecule has 1 heterocycles. The summed E-state index contributed by atoms with van der Waals surface area (Å²) in [5.74, 6) is 0. The molecular formula is C13H16BrF3N2. The van der Waals surface area contributed by atoms with Crippen LogP contribution in [0.5, 0.6) is 0 Å². The van der Waals surface area contributed by atoms with Crippen LogP contribution >= 0.6 is 15.9 Å². The molecule has 1 aliphatic heterocycles. The van der Waals surface area contributed by atoms with Crippen molar-refractivity contribution in [1.82, 2.24) is 5.32 Å². The monoisotopic (exact) mass is 336 g/mol. The molecule has 0 radical (unpaired) electrons. The summed E-state index contributed by atoms with van der Waals surface area (Å²) in [7, 11) is 0. The molecule has 0 bridgehead atoms. The Morgan fingerprint density at radius 2 is 2.16 bits per heavy atom. The fourth-order valence-electron chi connectivity index (χ4n) is 2.33. The van der Waals surface area contributed by atoms with Gasteiger partial charge in [0.15, 0.2) is 0 Å². The Labute approximate surface area is 119 Å². The molecule has 2 nitrogen and oxygen atoms in total. The molecule has 19 heavy (non-hydrogen) atoms. The maximum atomic E-state index is 13.1. The predicted octanol–water partition coefficient (Wildman–Crippen LogP) is 3.66. The third-order valence-corrected chi connectivity index (χ3v) is 3.85. The van der Waals surface area contributed by atoms with E-state index in [2.05, 4.69) is 21.2 Å². The quantitative estimate of drug-likeness (QED) is 0.886. The Hall–Kier alpha value is -0.750. The highest BCUT2D eigenvalue weighted by Gasteiger charge is 2.35. The van der Waals surface area contributed by atoms with Crippen LogP contribution in [0, 0.1) is 0 Å². The van der Waals surface area contributed by atoms with Gasteiger partial charge < -0.3 is 10.2 Å². The maximum absolute atomic E-state index is 13.1. The topological polar surface area (TPSA) is 15.3 Å². The maximum Gasteiger partial charge on any atom is 0.418 e. The zero-order valence-corrected chi connectivity index (χ0v) is 12.2. The minimum atomic E-state index is -4.33. The van der Waals surface area contributed by atoms with Crippen LogP contribution in [-0.2, 0) is 6.18 Å². The Morgan fingerprint density at radius 3 is 2.79 bits per heavy atom. The number of hydrogen-bond donors (Lipinski definition) is 1. The largest absolute Gasteiger partial charge is 0.418 e. The Kier molecular flexibility index (Phi) is 4.40. The molecule has 0 aromatic heterocycles. The molecule has 1 atom stereocenters. The second-order valence-electron chi connectivity index (χ2n) is 4.66. The van der Waals surface area contributed by atoms with Gasteiger partial charge in [-0.3, -0.25) is 0 Å². The van der Waals surface area contributed by atoms with E-state index in [1.165, 1.54) is 0 Å². The second-order valence-corrected chi connectivity index (χ2v) is 5.58. The number of anilines is 1. The van der Waals surface area contributed by atoms with Crippen molar-refractivity contribution in [3.63, 3.8) is 0 Å². The van der Waals surface area contributed by atoms with Gasteiger partial charge in [0.1, 0.15) is 0 Å². The van der Waals surface area contributed by atoms with Crippen molar-refractivity contribution >= 4 is 21.6 Å². The zero-order valence-electron chi connectivity index (χ0n) is 10.6. The molecule has 2 rings (SSSR count). The normalized spacial score (nSPS) is 20.7. The Balaban J connectivity index is 2.33. The number of benzene rings is 1. The third kappa shape index (κ3) is 3.42. The summed E-state index contributed by atoms with van der Waals surface area (Å²) in [5.41, 5.74) is -0.297. The lowest BCUT2D eigenvalue weighted by molar-refractivity contribution is -0.137. The summed E-state index contributed by atoms with van der Waals surface area (Å²) < 4.78 is 39.7. The minimum absolute atomic E-state index is 0.249. The van der Waals surface area contributed by atoms with Gasteiger partial charge in [0.2, 0.25) is 0 Å². The first-order chi connectivity index (χ1) is 8.91. The van der Waals surface area contributed by atoms with Crippen LogP contribution in [0.15, 0.2) is 22.7 Å². The lowest BCUT2D eigenvalue weighted by atomic mass is 10.1. The van der Waals surface area contributed by atoms with Gasteiger partial charge in [-0.05, 0) is 24.6 Å². The molecule has 1 fully saturated rings. The van der Waals surface area contributed by atoms with Gasteiger partial charge in [-0.2, -0.15) is 13.2 Å². The first-order valence-corrected chi connectivity index (χ1v) is 7.06. The van der Waals surface area contributed by atoms with Gasteiger partial charge in [0.25, 0.3) is 0 Å². The standard InChI is InChI=1S/C13H16BrF3N2/c1-2-10-8-19(6-5-18-10)12-4-3-9(14)7-11(12)13(15,16)17/h3-4,7,10,18H,2,5-6,8H2,1H3. The SMILES string of the molecule is CCC1CN(c2ccc(Br)cc2C(F)(F)F)CCN1. The van der Waals surface area contributed by atoms with Crippen molar-refractivity contribution < 1.29 is 13.2 Å². The summed E-state index contributed by atoms with van der Waals surface area (Å²) in [5, 5.41) is 3.31. The fraction of sp³-hybridized carbons (Fsp3) is 0.538. The van der Waals surface area contributed by atoms with Crippen LogP contribution in [0.3, 0.4) is 0 Å². The summed E-state index contributed by atoms with van der Waals surface area (Å²) >= 11 is 3.11. The van der Waals surface area contributed by atoms with Gasteiger partial charge in [-0.15, -0.1) is 0 Å². The molecule has 1 N–H and O–H groups in total. The Morgan fingerprint density at radius 1 is 1.42 bits per heavy atom. The summed E-state index contributed by atoms with van der Waals surface area (Å²) in [6, 6.07) is 4.61. The third-order valence-electron chi connectivity index (χ3n) is 3.35. The lowest BCUT2D eigenvalue weighted by Gasteiger charge is -2.36. The number of nitrogens with one attached hydrogen (secondary N) is 1. The van der Waals surface area contributed by atoms with Crippen LogP contribution in [0.1, 0.15) is 18.9 Å². The molecular weight excluding hydrogens is 321 g/mol. The minimum Gasteiger partial charge on any atom is -0.368 e. The summed E-state index contributed by atoms with van der Waals surface area (Å²) in [4.78, 5) is 1.82. The first kappa shape index (κ1) is 14.7. The van der Waals surface area contributed by atoms with Crippen LogP contribution < -0.4 is 10.2 Å². The predicted molar refractivity (Wildman–Crippen MR) is 73.4 cm³/mol. The number of alkyl halides is 3. The number of nitrogens with zero attached hydrogens (tertiary/aromatic N) is 1. The van der Waals surface area contributed by atoms with E-state index in [0.29, 0.717) is 24.1 Å².